The fourth-order valence-electron chi connectivity index (χ4n) is 4.04. The third-order valence-corrected chi connectivity index (χ3v) is 5.42. The minimum Gasteiger partial charge on any atom is -0.444 e. The van der Waals surface area contributed by atoms with E-state index in [1.165, 1.54) is 5.56 Å². The zero-order valence-electron chi connectivity index (χ0n) is 18.8. The van der Waals surface area contributed by atoms with E-state index in [-0.39, 0.29) is 5.91 Å². The molecule has 4 rings (SSSR count). The largest absolute Gasteiger partial charge is 0.444 e. The molecule has 0 atom stereocenters. The van der Waals surface area contributed by atoms with Crippen LogP contribution in [0.1, 0.15) is 48.0 Å². The van der Waals surface area contributed by atoms with E-state index in [0.29, 0.717) is 25.3 Å². The SMILES string of the molecule is Cc1ccc(-c2c3c(n4ccc(C)cc24)C(=O)N(CCNC(=O)OC(C)(C)C)C3)cc1. The number of fused-ring (bicyclic) bond motifs is 3. The van der Waals surface area contributed by atoms with Gasteiger partial charge in [0.1, 0.15) is 11.3 Å². The number of hydrogen-bond acceptors (Lipinski definition) is 3. The van der Waals surface area contributed by atoms with Crippen molar-refractivity contribution in [3.8, 4) is 11.1 Å². The number of carbonyl (C=O) groups is 2. The molecule has 0 bridgehead atoms. The van der Waals surface area contributed by atoms with Gasteiger partial charge >= 0.3 is 6.09 Å². The zero-order chi connectivity index (χ0) is 22.3. The van der Waals surface area contributed by atoms with E-state index in [2.05, 4.69) is 49.5 Å². The van der Waals surface area contributed by atoms with Crippen LogP contribution in [0.2, 0.25) is 0 Å². The second-order valence-corrected chi connectivity index (χ2v) is 9.18. The zero-order valence-corrected chi connectivity index (χ0v) is 18.8. The molecule has 162 valence electrons. The first kappa shape index (κ1) is 21.0. The third-order valence-electron chi connectivity index (χ3n) is 5.42. The molecule has 6 nitrogen and oxygen atoms in total. The van der Waals surface area contributed by atoms with Gasteiger partial charge in [0.25, 0.3) is 5.91 Å². The van der Waals surface area contributed by atoms with Crippen LogP contribution >= 0.6 is 0 Å². The fourth-order valence-corrected chi connectivity index (χ4v) is 4.04. The lowest BCUT2D eigenvalue weighted by molar-refractivity contribution is 0.0515. The van der Waals surface area contributed by atoms with E-state index in [9.17, 15) is 9.59 Å². The summed E-state index contributed by atoms with van der Waals surface area (Å²) in [5, 5.41) is 2.74. The Morgan fingerprint density at radius 1 is 1.10 bits per heavy atom. The molecule has 0 aliphatic carbocycles. The number of carbonyl (C=O) groups excluding carboxylic acids is 2. The summed E-state index contributed by atoms with van der Waals surface area (Å²) in [4.78, 5) is 27.0. The lowest BCUT2D eigenvalue weighted by Gasteiger charge is -2.21. The molecule has 3 aromatic rings. The van der Waals surface area contributed by atoms with Crippen LogP contribution in [-0.4, -0.2) is 40.0 Å². The first-order valence-electron chi connectivity index (χ1n) is 10.6. The average Bonchev–Trinajstić information content (AvgIpc) is 3.15. The average molecular weight is 420 g/mol. The number of nitrogens with zero attached hydrogens (tertiary/aromatic N) is 2. The summed E-state index contributed by atoms with van der Waals surface area (Å²) in [5.74, 6) is -0.0156. The molecule has 1 aromatic carbocycles. The van der Waals surface area contributed by atoms with Crippen molar-refractivity contribution >= 4 is 17.5 Å². The van der Waals surface area contributed by atoms with Gasteiger partial charge in [-0.3, -0.25) is 4.79 Å². The Hall–Kier alpha value is -3.28. The van der Waals surface area contributed by atoms with Crippen LogP contribution in [-0.2, 0) is 11.3 Å². The Bertz CT molecular complexity index is 1150. The number of benzene rings is 1. The highest BCUT2D eigenvalue weighted by Crippen LogP contribution is 2.38. The van der Waals surface area contributed by atoms with Gasteiger partial charge in [-0.25, -0.2) is 4.79 Å². The quantitative estimate of drug-likeness (QED) is 0.667. The lowest BCUT2D eigenvalue weighted by Crippen LogP contribution is -2.38. The maximum atomic E-state index is 13.3. The smallest absolute Gasteiger partial charge is 0.407 e. The molecular weight excluding hydrogens is 390 g/mol. The third kappa shape index (κ3) is 4.15. The van der Waals surface area contributed by atoms with Gasteiger partial charge < -0.3 is 19.4 Å². The molecule has 1 N–H and O–H groups in total. The topological polar surface area (TPSA) is 63.0 Å². The summed E-state index contributed by atoms with van der Waals surface area (Å²) < 4.78 is 7.28. The van der Waals surface area contributed by atoms with E-state index < -0.39 is 11.7 Å². The molecule has 0 saturated heterocycles. The van der Waals surface area contributed by atoms with Crippen molar-refractivity contribution in [1.82, 2.24) is 14.6 Å². The van der Waals surface area contributed by atoms with Gasteiger partial charge in [-0.2, -0.15) is 0 Å². The molecule has 2 aromatic heterocycles. The number of nitrogens with one attached hydrogen (secondary N) is 1. The number of hydrogen-bond donors (Lipinski definition) is 1. The number of aryl methyl sites for hydroxylation is 2. The summed E-state index contributed by atoms with van der Waals surface area (Å²) >= 11 is 0. The summed E-state index contributed by atoms with van der Waals surface area (Å²) in [7, 11) is 0. The van der Waals surface area contributed by atoms with Gasteiger partial charge in [-0.15, -0.1) is 0 Å². The predicted octanol–water partition coefficient (Wildman–Crippen LogP) is 4.70. The number of aromatic nitrogens is 1. The fraction of sp³-hybridized carbons (Fsp3) is 0.360. The molecule has 1 aliphatic rings. The van der Waals surface area contributed by atoms with Crippen LogP contribution < -0.4 is 5.32 Å². The molecule has 2 amide bonds. The van der Waals surface area contributed by atoms with Crippen molar-refractivity contribution in [2.24, 2.45) is 0 Å². The first-order chi connectivity index (χ1) is 14.6. The summed E-state index contributed by atoms with van der Waals surface area (Å²) in [6.45, 7) is 10.9. The molecule has 3 heterocycles. The minimum absolute atomic E-state index is 0.0156. The van der Waals surface area contributed by atoms with E-state index in [0.717, 1.165) is 27.8 Å². The van der Waals surface area contributed by atoms with Crippen molar-refractivity contribution < 1.29 is 14.3 Å². The van der Waals surface area contributed by atoms with Crippen LogP contribution in [0, 0.1) is 13.8 Å². The lowest BCUT2D eigenvalue weighted by atomic mass is 10.0. The van der Waals surface area contributed by atoms with Crippen molar-refractivity contribution in [3.63, 3.8) is 0 Å². The number of ether oxygens (including phenoxy) is 1. The summed E-state index contributed by atoms with van der Waals surface area (Å²) in [6, 6.07) is 12.6. The normalized spacial score (nSPS) is 13.6. The second kappa shape index (κ2) is 7.76. The molecule has 1 aliphatic heterocycles. The van der Waals surface area contributed by atoms with Gasteiger partial charge in [0.2, 0.25) is 0 Å². The van der Waals surface area contributed by atoms with Gasteiger partial charge in [-0.1, -0.05) is 29.8 Å². The van der Waals surface area contributed by atoms with Crippen molar-refractivity contribution in [2.75, 3.05) is 13.1 Å². The Kier molecular flexibility index (Phi) is 5.25. The maximum absolute atomic E-state index is 13.3. The standard InChI is InChI=1S/C25H29N3O3/c1-16-6-8-18(9-7-16)21-19-15-27(13-11-26-24(30)31-25(3,4)5)23(29)22(19)28-12-10-17(2)14-20(21)28/h6-10,12,14H,11,13,15H2,1-5H3,(H,26,30). The molecule has 0 radical (unpaired) electrons. The Balaban J connectivity index is 1.61. The van der Waals surface area contributed by atoms with Crippen molar-refractivity contribution in [2.45, 2.75) is 46.8 Å². The number of pyridine rings is 1. The highest BCUT2D eigenvalue weighted by molar-refractivity contribution is 6.03. The van der Waals surface area contributed by atoms with Crippen molar-refractivity contribution in [3.05, 3.63) is 65.0 Å². The molecule has 0 fully saturated rings. The molecule has 6 heteroatoms. The molecular formula is C25H29N3O3. The Morgan fingerprint density at radius 2 is 1.81 bits per heavy atom. The Labute approximate surface area is 182 Å². The predicted molar refractivity (Wildman–Crippen MR) is 121 cm³/mol. The number of alkyl carbamates (subject to hydrolysis) is 1. The minimum atomic E-state index is -0.549. The second-order valence-electron chi connectivity index (χ2n) is 9.18. The van der Waals surface area contributed by atoms with Crippen LogP contribution in [0.3, 0.4) is 0 Å². The first-order valence-corrected chi connectivity index (χ1v) is 10.6. The van der Waals surface area contributed by atoms with Crippen LogP contribution in [0.15, 0.2) is 42.6 Å². The maximum Gasteiger partial charge on any atom is 0.407 e. The van der Waals surface area contributed by atoms with E-state index >= 15 is 0 Å². The molecule has 31 heavy (non-hydrogen) atoms. The Morgan fingerprint density at radius 3 is 2.48 bits per heavy atom. The summed E-state index contributed by atoms with van der Waals surface area (Å²) in [5.41, 5.74) is 6.82. The van der Waals surface area contributed by atoms with Crippen molar-refractivity contribution in [1.29, 1.82) is 0 Å². The van der Waals surface area contributed by atoms with Crippen LogP contribution in [0.5, 0.6) is 0 Å². The van der Waals surface area contributed by atoms with Gasteiger partial charge in [-0.05, 0) is 57.9 Å². The van der Waals surface area contributed by atoms with Gasteiger partial charge in [0.15, 0.2) is 0 Å². The number of amides is 2. The van der Waals surface area contributed by atoms with Gasteiger partial charge in [0.05, 0.1) is 5.52 Å². The van der Waals surface area contributed by atoms with E-state index in [4.69, 9.17) is 4.74 Å². The van der Waals surface area contributed by atoms with E-state index in [1.54, 1.807) is 4.90 Å². The molecule has 0 saturated carbocycles. The highest BCUT2D eigenvalue weighted by atomic mass is 16.6. The molecule has 0 unspecified atom stereocenters. The van der Waals surface area contributed by atoms with Crippen LogP contribution in [0.25, 0.3) is 16.6 Å². The summed E-state index contributed by atoms with van der Waals surface area (Å²) in [6.07, 6.45) is 1.50. The number of rotatable bonds is 4. The van der Waals surface area contributed by atoms with Gasteiger partial charge in [0, 0.05) is 37.0 Å². The highest BCUT2D eigenvalue weighted by Gasteiger charge is 2.34. The van der Waals surface area contributed by atoms with Crippen LogP contribution in [0.4, 0.5) is 4.79 Å². The van der Waals surface area contributed by atoms with E-state index in [1.807, 2.05) is 37.4 Å². The monoisotopic (exact) mass is 419 g/mol. The molecule has 0 spiro atoms.